The van der Waals surface area contributed by atoms with E-state index >= 15 is 0 Å². The van der Waals surface area contributed by atoms with Crippen molar-refractivity contribution >= 4 is 11.8 Å². The molecule has 0 aromatic rings. The van der Waals surface area contributed by atoms with Gasteiger partial charge in [0, 0.05) is 24.3 Å². The summed E-state index contributed by atoms with van der Waals surface area (Å²) in [5, 5.41) is 20.4. The van der Waals surface area contributed by atoms with Crippen LogP contribution < -0.4 is 5.73 Å². The Morgan fingerprint density at radius 1 is 1.21 bits per heavy atom. The SMILES string of the molecule is C[C@H](CCC(=O)O)C1CCC2C3C(O)C[C@@H]4C[C@@H](N)CC[C@]4(C)C3CC(=O)[C@@]21C. The maximum absolute atomic E-state index is 13.7. The van der Waals surface area contributed by atoms with Crippen molar-refractivity contribution in [2.45, 2.75) is 90.7 Å². The molecular formula is C24H39NO4. The van der Waals surface area contributed by atoms with Gasteiger partial charge in [0.1, 0.15) is 5.78 Å². The highest BCUT2D eigenvalue weighted by atomic mass is 16.4. The summed E-state index contributed by atoms with van der Waals surface area (Å²) in [6.45, 7) is 6.63. The molecule has 164 valence electrons. The zero-order valence-electron chi connectivity index (χ0n) is 18.3. The monoisotopic (exact) mass is 405 g/mol. The van der Waals surface area contributed by atoms with Crippen molar-refractivity contribution in [3.63, 3.8) is 0 Å². The van der Waals surface area contributed by atoms with Crippen molar-refractivity contribution in [2.75, 3.05) is 0 Å². The number of Topliss-reactive ketones (excluding diaryl/α,β-unsaturated/α-hetero) is 1. The molecule has 0 aliphatic heterocycles. The number of aliphatic carboxylic acids is 1. The van der Waals surface area contributed by atoms with Crippen LogP contribution in [0.15, 0.2) is 0 Å². The Balaban J connectivity index is 1.62. The minimum absolute atomic E-state index is 0.115. The minimum atomic E-state index is -0.760. The van der Waals surface area contributed by atoms with Gasteiger partial charge in [0.05, 0.1) is 6.10 Å². The number of carboxylic acid groups (broad SMARTS) is 1. The average Bonchev–Trinajstić information content (AvgIpc) is 3.01. The van der Waals surface area contributed by atoms with Crippen molar-refractivity contribution in [1.29, 1.82) is 0 Å². The number of carboxylic acids is 1. The molecule has 0 spiro atoms. The first-order valence-corrected chi connectivity index (χ1v) is 11.8. The van der Waals surface area contributed by atoms with E-state index in [0.29, 0.717) is 24.5 Å². The maximum Gasteiger partial charge on any atom is 0.303 e. The van der Waals surface area contributed by atoms with E-state index in [4.69, 9.17) is 10.8 Å². The highest BCUT2D eigenvalue weighted by Gasteiger charge is 2.65. The van der Waals surface area contributed by atoms with Crippen LogP contribution >= 0.6 is 0 Å². The highest BCUT2D eigenvalue weighted by molar-refractivity contribution is 5.87. The third-order valence-corrected chi connectivity index (χ3v) is 10.2. The van der Waals surface area contributed by atoms with E-state index in [1.165, 1.54) is 0 Å². The summed E-state index contributed by atoms with van der Waals surface area (Å²) in [6.07, 6.45) is 6.91. The lowest BCUT2D eigenvalue weighted by atomic mass is 9.43. The Hall–Kier alpha value is -0.940. The van der Waals surface area contributed by atoms with Gasteiger partial charge in [-0.2, -0.15) is 0 Å². The smallest absolute Gasteiger partial charge is 0.303 e. The molecule has 0 aromatic carbocycles. The molecule has 10 atom stereocenters. The number of ketones is 1. The van der Waals surface area contributed by atoms with Crippen molar-refractivity contribution in [3.05, 3.63) is 0 Å². The van der Waals surface area contributed by atoms with Crippen LogP contribution in [-0.2, 0) is 9.59 Å². The first-order valence-electron chi connectivity index (χ1n) is 11.8. The van der Waals surface area contributed by atoms with Gasteiger partial charge in [-0.1, -0.05) is 20.8 Å². The largest absolute Gasteiger partial charge is 0.481 e. The summed E-state index contributed by atoms with van der Waals surface area (Å²) in [5.74, 6) is 1.19. The number of carbonyl (C=O) groups is 2. The molecule has 29 heavy (non-hydrogen) atoms. The van der Waals surface area contributed by atoms with E-state index in [1.54, 1.807) is 0 Å². The number of aliphatic hydroxyl groups is 1. The predicted octanol–water partition coefficient (Wildman–Crippen LogP) is 3.62. The Labute approximate surface area is 174 Å². The van der Waals surface area contributed by atoms with Crippen LogP contribution in [0.5, 0.6) is 0 Å². The van der Waals surface area contributed by atoms with Gasteiger partial charge in [-0.15, -0.1) is 0 Å². The fraction of sp³-hybridized carbons (Fsp3) is 0.917. The fourth-order valence-corrected chi connectivity index (χ4v) is 8.47. The molecule has 5 nitrogen and oxygen atoms in total. The molecule has 0 aromatic heterocycles. The number of fused-ring (bicyclic) bond motifs is 5. The molecule has 4 aliphatic rings. The second-order valence-electron chi connectivity index (χ2n) is 11.3. The van der Waals surface area contributed by atoms with E-state index in [-0.39, 0.29) is 53.6 Å². The lowest BCUT2D eigenvalue weighted by Crippen LogP contribution is -2.61. The van der Waals surface area contributed by atoms with Crippen LogP contribution in [0, 0.1) is 46.3 Å². The fourth-order valence-electron chi connectivity index (χ4n) is 8.47. The minimum Gasteiger partial charge on any atom is -0.481 e. The van der Waals surface area contributed by atoms with Gasteiger partial charge < -0.3 is 15.9 Å². The molecule has 5 heteroatoms. The molecule has 4 aliphatic carbocycles. The summed E-state index contributed by atoms with van der Waals surface area (Å²) >= 11 is 0. The summed E-state index contributed by atoms with van der Waals surface area (Å²) in [6, 6.07) is 0.229. The standard InChI is InChI=1S/C24H39NO4/c1-13(4-7-21(28)29)16-5-6-17-22-18(12-20(27)24(16,17)3)23(2)9-8-15(25)10-14(23)11-19(22)26/h13-19,22,26H,4-12,25H2,1-3H3,(H,28,29)/t13-,14+,15+,16?,17?,18?,19?,22?,23+,24-/m1/s1. The Morgan fingerprint density at radius 3 is 2.62 bits per heavy atom. The molecular weight excluding hydrogens is 366 g/mol. The van der Waals surface area contributed by atoms with E-state index in [0.717, 1.165) is 38.5 Å². The normalized spacial score (nSPS) is 50.4. The molecule has 4 rings (SSSR count). The number of hydrogen-bond acceptors (Lipinski definition) is 4. The molecule has 4 N–H and O–H groups in total. The van der Waals surface area contributed by atoms with E-state index in [2.05, 4.69) is 20.8 Å². The van der Waals surface area contributed by atoms with Gasteiger partial charge in [0.15, 0.2) is 0 Å². The van der Waals surface area contributed by atoms with Crippen LogP contribution in [0.25, 0.3) is 0 Å². The van der Waals surface area contributed by atoms with Crippen molar-refractivity contribution in [1.82, 2.24) is 0 Å². The molecule has 4 saturated carbocycles. The van der Waals surface area contributed by atoms with Crippen molar-refractivity contribution < 1.29 is 19.8 Å². The quantitative estimate of drug-likeness (QED) is 0.663. The van der Waals surface area contributed by atoms with Gasteiger partial charge in [-0.05, 0) is 85.9 Å². The average molecular weight is 406 g/mol. The zero-order chi connectivity index (χ0) is 21.1. The zero-order valence-corrected chi connectivity index (χ0v) is 18.3. The first kappa shape index (κ1) is 21.3. The third-order valence-electron chi connectivity index (χ3n) is 10.2. The highest BCUT2D eigenvalue weighted by Crippen LogP contribution is 2.67. The molecule has 0 radical (unpaired) electrons. The number of nitrogens with two attached hydrogens (primary N) is 1. The summed E-state index contributed by atoms with van der Waals surface area (Å²) in [5.41, 5.74) is 5.97. The van der Waals surface area contributed by atoms with Crippen molar-refractivity contribution in [2.24, 2.45) is 52.1 Å². The van der Waals surface area contributed by atoms with Gasteiger partial charge >= 0.3 is 5.97 Å². The van der Waals surface area contributed by atoms with Gasteiger partial charge in [-0.25, -0.2) is 0 Å². The molecule has 0 saturated heterocycles. The Morgan fingerprint density at radius 2 is 1.93 bits per heavy atom. The number of hydrogen-bond donors (Lipinski definition) is 3. The summed E-state index contributed by atoms with van der Waals surface area (Å²) in [7, 11) is 0. The van der Waals surface area contributed by atoms with Gasteiger partial charge in [-0.3, -0.25) is 9.59 Å². The van der Waals surface area contributed by atoms with Crippen molar-refractivity contribution in [3.8, 4) is 0 Å². The lowest BCUT2D eigenvalue weighted by molar-refractivity contribution is -0.177. The van der Waals surface area contributed by atoms with Crippen LogP contribution in [0.1, 0.15) is 78.6 Å². The van der Waals surface area contributed by atoms with Crippen LogP contribution in [-0.4, -0.2) is 34.1 Å². The predicted molar refractivity (Wildman–Crippen MR) is 111 cm³/mol. The summed E-state index contributed by atoms with van der Waals surface area (Å²) in [4.78, 5) is 24.7. The topological polar surface area (TPSA) is 101 Å². The van der Waals surface area contributed by atoms with Gasteiger partial charge in [0.25, 0.3) is 0 Å². The Kier molecular flexibility index (Phi) is 5.39. The van der Waals surface area contributed by atoms with Crippen LogP contribution in [0.2, 0.25) is 0 Å². The number of rotatable bonds is 4. The molecule has 4 fully saturated rings. The van der Waals surface area contributed by atoms with E-state index in [9.17, 15) is 14.7 Å². The lowest BCUT2D eigenvalue weighted by Gasteiger charge is -2.61. The second kappa shape index (κ2) is 7.33. The third kappa shape index (κ3) is 3.18. The molecule has 0 bridgehead atoms. The van der Waals surface area contributed by atoms with E-state index in [1.807, 2.05) is 0 Å². The molecule has 0 amide bonds. The maximum atomic E-state index is 13.7. The van der Waals surface area contributed by atoms with Gasteiger partial charge in [0.2, 0.25) is 0 Å². The van der Waals surface area contributed by atoms with Crippen LogP contribution in [0.4, 0.5) is 0 Å². The van der Waals surface area contributed by atoms with Crippen LogP contribution in [0.3, 0.4) is 0 Å². The Bertz CT molecular complexity index is 680. The first-order chi connectivity index (χ1) is 13.6. The number of carbonyl (C=O) groups excluding carboxylic acids is 1. The summed E-state index contributed by atoms with van der Waals surface area (Å²) < 4.78 is 0. The molecule has 5 unspecified atom stereocenters. The second-order valence-corrected chi connectivity index (χ2v) is 11.3. The van der Waals surface area contributed by atoms with E-state index < -0.39 is 11.4 Å². The molecule has 0 heterocycles. The number of aliphatic hydroxyl groups excluding tert-OH is 1.